The van der Waals surface area contributed by atoms with Crippen molar-refractivity contribution in [1.82, 2.24) is 0 Å². The molecule has 0 saturated heterocycles. The van der Waals surface area contributed by atoms with Crippen molar-refractivity contribution in [3.05, 3.63) is 11.8 Å². The van der Waals surface area contributed by atoms with Crippen molar-refractivity contribution in [2.24, 2.45) is 0 Å². The molecule has 0 atom stereocenters. The molecule has 4 heteroatoms. The van der Waals surface area contributed by atoms with Crippen LogP contribution in [0.2, 0.25) is 0 Å². The molecular weight excluding hydrogens is 167 g/mol. The number of carboxylic acids is 1. The van der Waals surface area contributed by atoms with Gasteiger partial charge in [-0.2, -0.15) is 0 Å². The Morgan fingerprint density at radius 2 is 2.08 bits per heavy atom. The summed E-state index contributed by atoms with van der Waals surface area (Å²) in [5.41, 5.74) is 0. The molecule has 64 valence electrons. The molecule has 0 fully saturated rings. The Kier molecular flexibility index (Phi) is 11.0. The number of rotatable bonds is 5. The third-order valence-corrected chi connectivity index (χ3v) is 1.25. The first-order chi connectivity index (χ1) is 5.16. The van der Waals surface area contributed by atoms with E-state index in [0.717, 1.165) is 12.8 Å². The number of carbonyl (C=O) groups excluding carboxylic acids is 1. The molecule has 0 aliphatic carbocycles. The van der Waals surface area contributed by atoms with Crippen LogP contribution in [-0.4, -0.2) is 11.1 Å². The van der Waals surface area contributed by atoms with E-state index >= 15 is 0 Å². The van der Waals surface area contributed by atoms with Gasteiger partial charge in [-0.25, -0.2) is 0 Å². The minimum absolute atomic E-state index is 0. The second-order valence-electron chi connectivity index (χ2n) is 2.36. The number of allylic oxidation sites excluding steroid dienone is 2. The summed E-state index contributed by atoms with van der Waals surface area (Å²) in [6.45, 7) is 1.99. The Hall–Kier alpha value is 0.0100. The summed E-state index contributed by atoms with van der Waals surface area (Å²) < 4.78 is 0. The SMILES string of the molecule is CCCC=C(O)CCC(=O)[O-].[Na+]. The minimum atomic E-state index is -1.12. The third-order valence-electron chi connectivity index (χ3n) is 1.25. The standard InChI is InChI=1S/C8H14O3.Na/c1-2-3-4-7(9)5-6-8(10)11;/h4,9H,2-3,5-6H2,1H3,(H,10,11);/q;+1/p-1. The Labute approximate surface area is 94.8 Å². The Balaban J connectivity index is 0. The predicted octanol–water partition coefficient (Wildman–Crippen LogP) is -2.24. The fourth-order valence-corrected chi connectivity index (χ4v) is 0.643. The average molecular weight is 180 g/mol. The maximum Gasteiger partial charge on any atom is 1.00 e. The number of carbonyl (C=O) groups is 1. The molecule has 0 saturated carbocycles. The summed E-state index contributed by atoms with van der Waals surface area (Å²) in [5, 5.41) is 18.9. The normalized spacial score (nSPS) is 10.6. The van der Waals surface area contributed by atoms with Crippen molar-refractivity contribution in [2.75, 3.05) is 0 Å². The summed E-state index contributed by atoms with van der Waals surface area (Å²) in [6, 6.07) is 0. The molecule has 0 aliphatic rings. The minimum Gasteiger partial charge on any atom is -0.550 e. The molecule has 0 rings (SSSR count). The molecule has 1 N–H and O–H groups in total. The van der Waals surface area contributed by atoms with Crippen molar-refractivity contribution in [1.29, 1.82) is 0 Å². The van der Waals surface area contributed by atoms with Crippen LogP contribution >= 0.6 is 0 Å². The topological polar surface area (TPSA) is 60.4 Å². The van der Waals surface area contributed by atoms with Crippen LogP contribution in [0.4, 0.5) is 0 Å². The van der Waals surface area contributed by atoms with Gasteiger partial charge < -0.3 is 15.0 Å². The zero-order valence-electron chi connectivity index (χ0n) is 7.67. The quantitative estimate of drug-likeness (QED) is 0.384. The summed E-state index contributed by atoms with van der Waals surface area (Å²) in [6.07, 6.45) is 3.46. The Bertz CT molecular complexity index is 154. The third kappa shape index (κ3) is 10.0. The fraction of sp³-hybridized carbons (Fsp3) is 0.625. The summed E-state index contributed by atoms with van der Waals surface area (Å²) in [5.74, 6) is -0.975. The molecule has 3 nitrogen and oxygen atoms in total. The Morgan fingerprint density at radius 3 is 2.50 bits per heavy atom. The number of aliphatic hydroxyl groups is 1. The van der Waals surface area contributed by atoms with E-state index in [2.05, 4.69) is 0 Å². The summed E-state index contributed by atoms with van der Waals surface area (Å²) in [7, 11) is 0. The van der Waals surface area contributed by atoms with Crippen LogP contribution in [0.15, 0.2) is 11.8 Å². The van der Waals surface area contributed by atoms with Crippen LogP contribution < -0.4 is 34.7 Å². The molecular formula is C8H13NaO3. The fourth-order valence-electron chi connectivity index (χ4n) is 0.643. The molecule has 0 amide bonds. The van der Waals surface area contributed by atoms with Crippen molar-refractivity contribution < 1.29 is 44.6 Å². The average Bonchev–Trinajstić information content (AvgIpc) is 1.97. The van der Waals surface area contributed by atoms with E-state index in [0.29, 0.717) is 0 Å². The zero-order valence-corrected chi connectivity index (χ0v) is 9.67. The molecule has 0 aromatic rings. The van der Waals surface area contributed by atoms with E-state index in [1.54, 1.807) is 6.08 Å². The van der Waals surface area contributed by atoms with Gasteiger partial charge in [0.05, 0.1) is 5.76 Å². The second-order valence-corrected chi connectivity index (χ2v) is 2.36. The maximum absolute atomic E-state index is 9.93. The smallest absolute Gasteiger partial charge is 0.550 e. The first-order valence-corrected chi connectivity index (χ1v) is 3.74. The van der Waals surface area contributed by atoms with Gasteiger partial charge in [-0.3, -0.25) is 0 Å². The van der Waals surface area contributed by atoms with E-state index in [4.69, 9.17) is 5.11 Å². The second kappa shape index (κ2) is 9.10. The molecule has 0 unspecified atom stereocenters. The van der Waals surface area contributed by atoms with Gasteiger partial charge in [0.1, 0.15) is 0 Å². The number of carboxylic acid groups (broad SMARTS) is 1. The van der Waals surface area contributed by atoms with E-state index in [1.165, 1.54) is 0 Å². The van der Waals surface area contributed by atoms with Gasteiger partial charge in [-0.1, -0.05) is 13.3 Å². The van der Waals surface area contributed by atoms with Gasteiger partial charge in [0.2, 0.25) is 0 Å². The summed E-state index contributed by atoms with van der Waals surface area (Å²) in [4.78, 5) is 9.93. The van der Waals surface area contributed by atoms with Crippen LogP contribution in [0.3, 0.4) is 0 Å². The van der Waals surface area contributed by atoms with Crippen LogP contribution in [0.5, 0.6) is 0 Å². The van der Waals surface area contributed by atoms with E-state index in [9.17, 15) is 9.90 Å². The molecule has 0 spiro atoms. The molecule has 0 aliphatic heterocycles. The molecule has 12 heavy (non-hydrogen) atoms. The van der Waals surface area contributed by atoms with Gasteiger partial charge in [0.15, 0.2) is 0 Å². The van der Waals surface area contributed by atoms with Crippen molar-refractivity contribution >= 4 is 5.97 Å². The van der Waals surface area contributed by atoms with Crippen LogP contribution in [0, 0.1) is 0 Å². The molecule has 0 bridgehead atoms. The van der Waals surface area contributed by atoms with Gasteiger partial charge in [0, 0.05) is 12.4 Å². The van der Waals surface area contributed by atoms with Gasteiger partial charge in [-0.15, -0.1) is 0 Å². The monoisotopic (exact) mass is 180 g/mol. The first-order valence-electron chi connectivity index (χ1n) is 3.74. The van der Waals surface area contributed by atoms with Gasteiger partial charge >= 0.3 is 29.6 Å². The van der Waals surface area contributed by atoms with Crippen LogP contribution in [0.1, 0.15) is 32.6 Å². The van der Waals surface area contributed by atoms with E-state index < -0.39 is 5.97 Å². The zero-order chi connectivity index (χ0) is 8.69. The molecule has 0 aromatic heterocycles. The number of hydrogen-bond acceptors (Lipinski definition) is 3. The molecule has 0 heterocycles. The van der Waals surface area contributed by atoms with Crippen molar-refractivity contribution in [3.8, 4) is 0 Å². The largest absolute Gasteiger partial charge is 1.00 e. The van der Waals surface area contributed by atoms with Crippen LogP contribution in [-0.2, 0) is 4.79 Å². The van der Waals surface area contributed by atoms with Crippen molar-refractivity contribution in [3.63, 3.8) is 0 Å². The number of hydrogen-bond donors (Lipinski definition) is 1. The van der Waals surface area contributed by atoms with E-state index in [1.807, 2.05) is 6.92 Å². The van der Waals surface area contributed by atoms with Gasteiger partial charge in [-0.05, 0) is 18.9 Å². The number of unbranched alkanes of at least 4 members (excludes halogenated alkanes) is 1. The van der Waals surface area contributed by atoms with Crippen LogP contribution in [0.25, 0.3) is 0 Å². The molecule has 0 aromatic carbocycles. The summed E-state index contributed by atoms with van der Waals surface area (Å²) >= 11 is 0. The first kappa shape index (κ1) is 14.5. The number of aliphatic carboxylic acids is 1. The maximum atomic E-state index is 9.93. The van der Waals surface area contributed by atoms with Crippen molar-refractivity contribution in [2.45, 2.75) is 32.6 Å². The molecule has 0 radical (unpaired) electrons. The van der Waals surface area contributed by atoms with E-state index in [-0.39, 0.29) is 48.2 Å². The number of aliphatic hydroxyl groups excluding tert-OH is 1. The Morgan fingerprint density at radius 1 is 1.50 bits per heavy atom. The predicted molar refractivity (Wildman–Crippen MR) is 39.9 cm³/mol. The van der Waals surface area contributed by atoms with Gasteiger partial charge in [0.25, 0.3) is 0 Å².